The summed E-state index contributed by atoms with van der Waals surface area (Å²) in [6.07, 6.45) is 1.18. The Hall–Kier alpha value is -1.48. The Morgan fingerprint density at radius 2 is 2.36 bits per heavy atom. The third-order valence-corrected chi connectivity index (χ3v) is 1.84. The number of rotatable bonds is 3. The van der Waals surface area contributed by atoms with Crippen molar-refractivity contribution in [1.29, 1.82) is 0 Å². The van der Waals surface area contributed by atoms with E-state index in [-0.39, 0.29) is 5.91 Å². The van der Waals surface area contributed by atoms with Gasteiger partial charge >= 0.3 is 0 Å². The van der Waals surface area contributed by atoms with Gasteiger partial charge in [0.15, 0.2) is 0 Å². The van der Waals surface area contributed by atoms with E-state index in [1.807, 2.05) is 0 Å². The van der Waals surface area contributed by atoms with Gasteiger partial charge in [-0.3, -0.25) is 4.79 Å². The van der Waals surface area contributed by atoms with E-state index in [0.717, 1.165) is 0 Å². The van der Waals surface area contributed by atoms with Crippen LogP contribution in [0.25, 0.3) is 0 Å². The largest absolute Gasteiger partial charge is 0.495 e. The molecule has 0 aliphatic rings. The fraction of sp³-hybridized carbons (Fsp3) is 0.100. The highest BCUT2D eigenvalue weighted by molar-refractivity contribution is 6.31. The maximum Gasteiger partial charge on any atom is 0.247 e. The van der Waals surface area contributed by atoms with E-state index < -0.39 is 0 Å². The fourth-order valence-electron chi connectivity index (χ4n) is 0.962. The summed E-state index contributed by atoms with van der Waals surface area (Å²) >= 11 is 5.77. The fourth-order valence-corrected chi connectivity index (χ4v) is 1.13. The number of carbonyl (C=O) groups is 1. The smallest absolute Gasteiger partial charge is 0.247 e. The van der Waals surface area contributed by atoms with E-state index in [9.17, 15) is 4.79 Å². The molecule has 4 heteroatoms. The van der Waals surface area contributed by atoms with Gasteiger partial charge in [0.2, 0.25) is 5.91 Å². The zero-order valence-electron chi connectivity index (χ0n) is 7.71. The molecule has 0 saturated heterocycles. The average Bonchev–Trinajstić information content (AvgIpc) is 2.18. The van der Waals surface area contributed by atoms with Crippen LogP contribution in [0.15, 0.2) is 30.9 Å². The molecule has 0 heterocycles. The molecule has 0 fully saturated rings. The Kier molecular flexibility index (Phi) is 3.54. The van der Waals surface area contributed by atoms with E-state index in [4.69, 9.17) is 16.3 Å². The summed E-state index contributed by atoms with van der Waals surface area (Å²) in [6, 6.07) is 4.98. The topological polar surface area (TPSA) is 38.3 Å². The van der Waals surface area contributed by atoms with Gasteiger partial charge in [-0.05, 0) is 24.3 Å². The lowest BCUT2D eigenvalue weighted by molar-refractivity contribution is -0.111. The number of methoxy groups -OCH3 is 1. The van der Waals surface area contributed by atoms with Gasteiger partial charge in [0.05, 0.1) is 12.8 Å². The Morgan fingerprint density at radius 1 is 1.64 bits per heavy atom. The van der Waals surface area contributed by atoms with Crippen molar-refractivity contribution in [2.75, 3.05) is 12.4 Å². The van der Waals surface area contributed by atoms with Crippen LogP contribution < -0.4 is 10.1 Å². The second kappa shape index (κ2) is 4.67. The lowest BCUT2D eigenvalue weighted by Gasteiger charge is -2.08. The molecule has 0 aliphatic carbocycles. The molecule has 14 heavy (non-hydrogen) atoms. The highest BCUT2D eigenvalue weighted by Crippen LogP contribution is 2.27. The molecule has 74 valence electrons. The lowest BCUT2D eigenvalue weighted by Crippen LogP contribution is -2.08. The number of carbonyl (C=O) groups excluding carboxylic acids is 1. The van der Waals surface area contributed by atoms with Gasteiger partial charge in [-0.1, -0.05) is 18.2 Å². The molecule has 0 spiro atoms. The van der Waals surface area contributed by atoms with Crippen molar-refractivity contribution in [2.45, 2.75) is 0 Å². The van der Waals surface area contributed by atoms with Crippen LogP contribution in [0.5, 0.6) is 5.75 Å². The van der Waals surface area contributed by atoms with Crippen LogP contribution in [0.4, 0.5) is 5.69 Å². The Labute approximate surface area is 87.3 Å². The molecule has 3 nitrogen and oxygen atoms in total. The van der Waals surface area contributed by atoms with Gasteiger partial charge < -0.3 is 10.1 Å². The van der Waals surface area contributed by atoms with Crippen molar-refractivity contribution in [3.63, 3.8) is 0 Å². The molecule has 0 radical (unpaired) electrons. The number of hydrogen-bond donors (Lipinski definition) is 1. The molecule has 1 rings (SSSR count). The number of nitrogens with one attached hydrogen (secondary N) is 1. The van der Waals surface area contributed by atoms with Crippen molar-refractivity contribution < 1.29 is 9.53 Å². The van der Waals surface area contributed by atoms with Gasteiger partial charge in [0, 0.05) is 5.02 Å². The van der Waals surface area contributed by atoms with Crippen LogP contribution in [0.3, 0.4) is 0 Å². The molecule has 1 amide bonds. The highest BCUT2D eigenvalue weighted by atomic mass is 35.5. The summed E-state index contributed by atoms with van der Waals surface area (Å²) in [4.78, 5) is 11.0. The Bertz CT molecular complexity index is 363. The number of ether oxygens (including phenoxy) is 1. The first-order valence-corrected chi connectivity index (χ1v) is 4.32. The van der Waals surface area contributed by atoms with Gasteiger partial charge in [-0.25, -0.2) is 0 Å². The quantitative estimate of drug-likeness (QED) is 0.780. The maximum atomic E-state index is 11.0. The number of amides is 1. The van der Waals surface area contributed by atoms with Crippen molar-refractivity contribution in [3.8, 4) is 5.75 Å². The molecule has 0 atom stereocenters. The van der Waals surface area contributed by atoms with Crippen LogP contribution in [-0.2, 0) is 4.79 Å². The Morgan fingerprint density at radius 3 is 2.93 bits per heavy atom. The van der Waals surface area contributed by atoms with Crippen LogP contribution in [0.1, 0.15) is 0 Å². The van der Waals surface area contributed by atoms with Crippen LogP contribution in [0, 0.1) is 0 Å². The van der Waals surface area contributed by atoms with Crippen molar-refractivity contribution in [3.05, 3.63) is 35.9 Å². The molecule has 0 aromatic heterocycles. The van der Waals surface area contributed by atoms with Gasteiger partial charge in [0.1, 0.15) is 5.75 Å². The van der Waals surface area contributed by atoms with Gasteiger partial charge in [0.25, 0.3) is 0 Å². The molecule has 1 aromatic carbocycles. The van der Waals surface area contributed by atoms with Crippen LogP contribution in [-0.4, -0.2) is 13.0 Å². The molecule has 0 saturated carbocycles. The van der Waals surface area contributed by atoms with E-state index in [1.54, 1.807) is 18.2 Å². The summed E-state index contributed by atoms with van der Waals surface area (Å²) in [5, 5.41) is 3.12. The first kappa shape index (κ1) is 10.6. The summed E-state index contributed by atoms with van der Waals surface area (Å²) in [6.45, 7) is 3.35. The molecule has 1 N–H and O–H groups in total. The average molecular weight is 212 g/mol. The monoisotopic (exact) mass is 211 g/mol. The second-order valence-electron chi connectivity index (χ2n) is 2.54. The summed E-state index contributed by atoms with van der Waals surface area (Å²) in [5.41, 5.74) is 0.532. The van der Waals surface area contributed by atoms with Crippen molar-refractivity contribution in [2.24, 2.45) is 0 Å². The molecule has 0 unspecified atom stereocenters. The first-order valence-electron chi connectivity index (χ1n) is 3.94. The van der Waals surface area contributed by atoms with Crippen molar-refractivity contribution >= 4 is 23.2 Å². The predicted octanol–water partition coefficient (Wildman–Crippen LogP) is 2.47. The van der Waals surface area contributed by atoms with E-state index >= 15 is 0 Å². The Balaban J connectivity index is 2.98. The van der Waals surface area contributed by atoms with E-state index in [0.29, 0.717) is 16.5 Å². The van der Waals surface area contributed by atoms with Gasteiger partial charge in [-0.2, -0.15) is 0 Å². The summed E-state index contributed by atoms with van der Waals surface area (Å²) in [5.74, 6) is 0.259. The van der Waals surface area contributed by atoms with E-state index in [1.165, 1.54) is 13.2 Å². The number of benzene rings is 1. The standard InChI is InChI=1S/C10H10ClNO2/c1-3-10(13)12-8-6-7(11)4-5-9(8)14-2/h3-6H,1H2,2H3,(H,12,13). The third kappa shape index (κ3) is 2.50. The minimum absolute atomic E-state index is 0.300. The number of anilines is 1. The predicted molar refractivity (Wildman–Crippen MR) is 56.8 cm³/mol. The summed E-state index contributed by atoms with van der Waals surface area (Å²) < 4.78 is 5.04. The SMILES string of the molecule is C=CC(=O)Nc1cc(Cl)ccc1OC. The highest BCUT2D eigenvalue weighted by Gasteiger charge is 2.05. The van der Waals surface area contributed by atoms with Crippen LogP contribution >= 0.6 is 11.6 Å². The van der Waals surface area contributed by atoms with Crippen LogP contribution in [0.2, 0.25) is 5.02 Å². The zero-order chi connectivity index (χ0) is 10.6. The lowest BCUT2D eigenvalue weighted by atomic mass is 10.3. The normalized spacial score (nSPS) is 9.29. The molecule has 0 aliphatic heterocycles. The second-order valence-corrected chi connectivity index (χ2v) is 2.97. The first-order chi connectivity index (χ1) is 6.67. The summed E-state index contributed by atoms with van der Waals surface area (Å²) in [7, 11) is 1.52. The molecular formula is C10H10ClNO2. The molecule has 0 bridgehead atoms. The minimum atomic E-state index is -0.300. The number of halogens is 1. The minimum Gasteiger partial charge on any atom is -0.495 e. The van der Waals surface area contributed by atoms with Gasteiger partial charge in [-0.15, -0.1) is 0 Å². The van der Waals surface area contributed by atoms with Crippen molar-refractivity contribution in [1.82, 2.24) is 0 Å². The molecular weight excluding hydrogens is 202 g/mol. The molecule has 1 aromatic rings. The zero-order valence-corrected chi connectivity index (χ0v) is 8.47. The third-order valence-electron chi connectivity index (χ3n) is 1.60. The van der Waals surface area contributed by atoms with E-state index in [2.05, 4.69) is 11.9 Å². The number of hydrogen-bond acceptors (Lipinski definition) is 2. The maximum absolute atomic E-state index is 11.0.